The Kier molecular flexibility index (Phi) is 3.32. The van der Waals surface area contributed by atoms with Crippen molar-refractivity contribution in [2.24, 2.45) is 40.4 Å². The summed E-state index contributed by atoms with van der Waals surface area (Å²) in [6, 6.07) is 0.402. The number of hydrogen-bond donors (Lipinski definition) is 0. The van der Waals surface area contributed by atoms with Crippen LogP contribution in [0.1, 0.15) is 59.8 Å². The number of rotatable bonds is 0. The molecule has 0 N–H and O–H groups in total. The van der Waals surface area contributed by atoms with Gasteiger partial charge in [-0.25, -0.2) is 0 Å². The molecule has 0 spiro atoms. The Bertz CT molecular complexity index is 554. The Morgan fingerprint density at radius 1 is 1.17 bits per heavy atom. The van der Waals surface area contributed by atoms with Crippen molar-refractivity contribution in [3.05, 3.63) is 12.2 Å². The van der Waals surface area contributed by atoms with Crippen LogP contribution in [-0.4, -0.2) is 23.9 Å². The monoisotopic (exact) mass is 315 g/mol. The minimum absolute atomic E-state index is 0.187. The second-order valence-electron chi connectivity index (χ2n) is 9.91. The number of hydrogen-bond acceptors (Lipinski definition) is 1. The summed E-state index contributed by atoms with van der Waals surface area (Å²) in [4.78, 5) is 14.2. The van der Waals surface area contributed by atoms with E-state index < -0.39 is 0 Å². The molecule has 4 unspecified atom stereocenters. The first-order valence-corrected chi connectivity index (χ1v) is 9.72. The molecule has 3 aliphatic carbocycles. The molecule has 1 amide bonds. The van der Waals surface area contributed by atoms with Gasteiger partial charge in [-0.15, -0.1) is 0 Å². The SMILES string of the molecule is C[C@H]1CC2C3C(CC[C@]2(C)C1)[C@@]1(C)C=CC(=O)N(C)C1C[C@@H]3C. The third kappa shape index (κ3) is 2.02. The van der Waals surface area contributed by atoms with Crippen LogP contribution in [0, 0.1) is 40.4 Å². The van der Waals surface area contributed by atoms with Gasteiger partial charge in [0.15, 0.2) is 0 Å². The normalized spacial score (nSPS) is 55.3. The topological polar surface area (TPSA) is 20.3 Å². The van der Waals surface area contributed by atoms with Crippen molar-refractivity contribution in [3.8, 4) is 0 Å². The van der Waals surface area contributed by atoms with E-state index in [0.717, 1.165) is 29.6 Å². The molecule has 3 fully saturated rings. The molecule has 1 aliphatic heterocycles. The molecule has 2 heteroatoms. The fourth-order valence-corrected chi connectivity index (χ4v) is 7.48. The molecule has 8 atom stereocenters. The van der Waals surface area contributed by atoms with E-state index in [2.05, 4.69) is 33.8 Å². The molecule has 0 aromatic carbocycles. The maximum absolute atomic E-state index is 12.2. The summed E-state index contributed by atoms with van der Waals surface area (Å²) in [5, 5.41) is 0. The van der Waals surface area contributed by atoms with Crippen molar-refractivity contribution in [3.63, 3.8) is 0 Å². The van der Waals surface area contributed by atoms with Gasteiger partial charge in [-0.1, -0.05) is 33.8 Å². The molecule has 0 radical (unpaired) electrons. The molecule has 128 valence electrons. The Morgan fingerprint density at radius 2 is 1.91 bits per heavy atom. The summed E-state index contributed by atoms with van der Waals surface area (Å²) in [6.45, 7) is 9.96. The first-order valence-electron chi connectivity index (χ1n) is 9.72. The smallest absolute Gasteiger partial charge is 0.246 e. The van der Waals surface area contributed by atoms with Crippen LogP contribution >= 0.6 is 0 Å². The Balaban J connectivity index is 1.74. The number of fused-ring (bicyclic) bond motifs is 5. The second kappa shape index (κ2) is 4.86. The van der Waals surface area contributed by atoms with Gasteiger partial charge < -0.3 is 4.90 Å². The predicted octanol–water partition coefficient (Wildman–Crippen LogP) is 4.51. The highest BCUT2D eigenvalue weighted by Crippen LogP contribution is 2.65. The fourth-order valence-electron chi connectivity index (χ4n) is 7.48. The largest absolute Gasteiger partial charge is 0.338 e. The second-order valence-corrected chi connectivity index (χ2v) is 9.91. The van der Waals surface area contributed by atoms with E-state index in [4.69, 9.17) is 0 Å². The summed E-state index contributed by atoms with van der Waals surface area (Å²) < 4.78 is 0. The number of carbonyl (C=O) groups is 1. The standard InChI is InChI=1S/C21H33NO/c1-13-10-16-19-14(2)11-17-21(4,9-7-18(23)22(17)5)15(19)6-8-20(16,3)12-13/h7,9,13-17,19H,6,8,10-12H2,1-5H3/t13-,14-,15?,16?,17?,19?,20+,21+/m0/s1. The van der Waals surface area contributed by atoms with Crippen LogP contribution in [0.2, 0.25) is 0 Å². The average molecular weight is 316 g/mol. The molecule has 4 aliphatic rings. The van der Waals surface area contributed by atoms with Crippen LogP contribution in [-0.2, 0) is 4.79 Å². The first kappa shape index (κ1) is 15.7. The van der Waals surface area contributed by atoms with E-state index in [-0.39, 0.29) is 11.3 Å². The number of nitrogens with zero attached hydrogens (tertiary/aromatic N) is 1. The molecule has 2 nitrogen and oxygen atoms in total. The highest BCUT2D eigenvalue weighted by molar-refractivity contribution is 5.89. The molecule has 0 saturated heterocycles. The number of carbonyl (C=O) groups excluding carboxylic acids is 1. The lowest BCUT2D eigenvalue weighted by atomic mass is 9.46. The van der Waals surface area contributed by atoms with E-state index in [9.17, 15) is 4.79 Å². The summed E-state index contributed by atoms with van der Waals surface area (Å²) in [5.41, 5.74) is 0.769. The molecule has 0 aromatic heterocycles. The van der Waals surface area contributed by atoms with E-state index in [1.165, 1.54) is 32.1 Å². The average Bonchev–Trinajstić information content (AvgIpc) is 2.80. The van der Waals surface area contributed by atoms with Gasteiger partial charge in [0.25, 0.3) is 0 Å². The molecule has 4 rings (SSSR count). The Labute approximate surface area is 141 Å². The lowest BCUT2D eigenvalue weighted by Gasteiger charge is -2.61. The number of likely N-dealkylation sites (N-methyl/N-ethyl adjacent to an activating group) is 1. The van der Waals surface area contributed by atoms with E-state index in [0.29, 0.717) is 11.5 Å². The minimum Gasteiger partial charge on any atom is -0.338 e. The quantitative estimate of drug-likeness (QED) is 0.644. The van der Waals surface area contributed by atoms with Crippen molar-refractivity contribution >= 4 is 5.91 Å². The Morgan fingerprint density at radius 3 is 2.65 bits per heavy atom. The van der Waals surface area contributed by atoms with E-state index >= 15 is 0 Å². The van der Waals surface area contributed by atoms with E-state index in [1.807, 2.05) is 18.0 Å². The summed E-state index contributed by atoms with van der Waals surface area (Å²) in [7, 11) is 2.02. The lowest BCUT2D eigenvalue weighted by Crippen LogP contribution is -2.61. The van der Waals surface area contributed by atoms with Crippen molar-refractivity contribution in [2.45, 2.75) is 65.8 Å². The third-order valence-corrected chi connectivity index (χ3v) is 8.49. The maximum Gasteiger partial charge on any atom is 0.246 e. The highest BCUT2D eigenvalue weighted by Gasteiger charge is 2.60. The van der Waals surface area contributed by atoms with Gasteiger partial charge in [0, 0.05) is 18.5 Å². The van der Waals surface area contributed by atoms with Gasteiger partial charge in [0.2, 0.25) is 5.91 Å². The highest BCUT2D eigenvalue weighted by atomic mass is 16.2. The van der Waals surface area contributed by atoms with Crippen LogP contribution in [0.4, 0.5) is 0 Å². The molecule has 0 bridgehead atoms. The zero-order chi connectivity index (χ0) is 16.6. The van der Waals surface area contributed by atoms with Crippen molar-refractivity contribution in [2.75, 3.05) is 7.05 Å². The van der Waals surface area contributed by atoms with Gasteiger partial charge in [-0.05, 0) is 73.2 Å². The van der Waals surface area contributed by atoms with Gasteiger partial charge in [0.1, 0.15) is 0 Å². The van der Waals surface area contributed by atoms with Crippen molar-refractivity contribution in [1.82, 2.24) is 4.90 Å². The molecule has 3 saturated carbocycles. The van der Waals surface area contributed by atoms with Crippen molar-refractivity contribution in [1.29, 1.82) is 0 Å². The van der Waals surface area contributed by atoms with Crippen LogP contribution in [0.25, 0.3) is 0 Å². The Hall–Kier alpha value is -0.790. The van der Waals surface area contributed by atoms with E-state index in [1.54, 1.807) is 0 Å². The number of amides is 1. The van der Waals surface area contributed by atoms with Crippen LogP contribution < -0.4 is 0 Å². The minimum atomic E-state index is 0.187. The summed E-state index contributed by atoms with van der Waals surface area (Å²) in [5.74, 6) is 4.36. The molecular weight excluding hydrogens is 282 g/mol. The molecule has 1 heterocycles. The molecular formula is C21H33NO. The third-order valence-electron chi connectivity index (χ3n) is 8.49. The van der Waals surface area contributed by atoms with Crippen LogP contribution in [0.3, 0.4) is 0 Å². The zero-order valence-corrected chi connectivity index (χ0v) is 15.5. The van der Waals surface area contributed by atoms with Gasteiger partial charge in [-0.2, -0.15) is 0 Å². The first-order chi connectivity index (χ1) is 10.8. The molecule has 23 heavy (non-hydrogen) atoms. The lowest BCUT2D eigenvalue weighted by molar-refractivity contribution is -0.143. The molecule has 0 aromatic rings. The fraction of sp³-hybridized carbons (Fsp3) is 0.857. The van der Waals surface area contributed by atoms with Gasteiger partial charge in [0.05, 0.1) is 0 Å². The van der Waals surface area contributed by atoms with Crippen molar-refractivity contribution < 1.29 is 4.79 Å². The summed E-state index contributed by atoms with van der Waals surface area (Å²) >= 11 is 0. The maximum atomic E-state index is 12.2. The van der Waals surface area contributed by atoms with Gasteiger partial charge in [-0.3, -0.25) is 4.79 Å². The zero-order valence-electron chi connectivity index (χ0n) is 15.5. The van der Waals surface area contributed by atoms with Crippen LogP contribution in [0.5, 0.6) is 0 Å². The predicted molar refractivity (Wildman–Crippen MR) is 93.8 cm³/mol. The summed E-state index contributed by atoms with van der Waals surface area (Å²) in [6.07, 6.45) is 10.9. The van der Waals surface area contributed by atoms with Gasteiger partial charge >= 0.3 is 0 Å². The van der Waals surface area contributed by atoms with Crippen LogP contribution in [0.15, 0.2) is 12.2 Å².